The fourth-order valence-electron chi connectivity index (χ4n) is 2.75. The molecular formula is C19H19N3O4. The van der Waals surface area contributed by atoms with E-state index in [9.17, 15) is 9.59 Å². The molecule has 0 unspecified atom stereocenters. The number of H-pyrrole nitrogens is 1. The quantitative estimate of drug-likeness (QED) is 0.613. The molecule has 0 aliphatic rings. The van der Waals surface area contributed by atoms with E-state index in [-0.39, 0.29) is 17.9 Å². The topological polar surface area (TPSA) is 92.5 Å². The summed E-state index contributed by atoms with van der Waals surface area (Å²) in [6.07, 6.45) is 1.93. The molecule has 1 aromatic heterocycles. The molecule has 1 heterocycles. The number of benzene rings is 2. The van der Waals surface area contributed by atoms with Gasteiger partial charge in [0, 0.05) is 17.1 Å². The van der Waals surface area contributed by atoms with Gasteiger partial charge in [-0.3, -0.25) is 20.4 Å². The molecule has 2 amide bonds. The van der Waals surface area contributed by atoms with Crippen molar-refractivity contribution in [2.45, 2.75) is 6.42 Å². The number of carbonyl (C=O) groups is 2. The highest BCUT2D eigenvalue weighted by Gasteiger charge is 2.17. The molecule has 0 bridgehead atoms. The molecule has 2 aromatic carbocycles. The summed E-state index contributed by atoms with van der Waals surface area (Å²) in [5, 5.41) is 0.975. The lowest BCUT2D eigenvalue weighted by Gasteiger charge is -2.13. The summed E-state index contributed by atoms with van der Waals surface area (Å²) in [4.78, 5) is 27.6. The summed E-state index contributed by atoms with van der Waals surface area (Å²) in [5.74, 6) is -0.0818. The first kappa shape index (κ1) is 17.3. The minimum Gasteiger partial charge on any atom is -0.493 e. The molecule has 3 N–H and O–H groups in total. The van der Waals surface area contributed by atoms with E-state index < -0.39 is 5.91 Å². The standard InChI is InChI=1S/C19H19N3O4/c1-25-16-9-5-7-14(18(16)26-2)19(24)22-21-17(23)10-12-11-20-15-8-4-3-6-13(12)15/h3-9,11,20H,10H2,1-2H3,(H,21,23)(H,22,24). The molecule has 7 nitrogen and oxygen atoms in total. The van der Waals surface area contributed by atoms with Crippen LogP contribution in [0, 0.1) is 0 Å². The Labute approximate surface area is 150 Å². The van der Waals surface area contributed by atoms with E-state index in [2.05, 4.69) is 15.8 Å². The van der Waals surface area contributed by atoms with Crippen molar-refractivity contribution >= 4 is 22.7 Å². The van der Waals surface area contributed by atoms with E-state index in [1.54, 1.807) is 24.4 Å². The zero-order chi connectivity index (χ0) is 18.5. The van der Waals surface area contributed by atoms with Gasteiger partial charge in [0.25, 0.3) is 5.91 Å². The van der Waals surface area contributed by atoms with Gasteiger partial charge in [-0.15, -0.1) is 0 Å². The van der Waals surface area contributed by atoms with Crippen LogP contribution in [0.25, 0.3) is 10.9 Å². The van der Waals surface area contributed by atoms with Crippen molar-refractivity contribution in [3.05, 3.63) is 59.8 Å². The van der Waals surface area contributed by atoms with Gasteiger partial charge in [-0.1, -0.05) is 24.3 Å². The highest BCUT2D eigenvalue weighted by atomic mass is 16.5. The second-order valence-electron chi connectivity index (χ2n) is 5.58. The Kier molecular flexibility index (Phi) is 5.07. The van der Waals surface area contributed by atoms with Crippen LogP contribution < -0.4 is 20.3 Å². The fourth-order valence-corrected chi connectivity index (χ4v) is 2.75. The molecule has 0 radical (unpaired) electrons. The zero-order valence-electron chi connectivity index (χ0n) is 14.5. The van der Waals surface area contributed by atoms with Crippen molar-refractivity contribution in [3.8, 4) is 11.5 Å². The number of hydrogen-bond donors (Lipinski definition) is 3. The maximum Gasteiger partial charge on any atom is 0.273 e. The second kappa shape index (κ2) is 7.60. The Balaban J connectivity index is 1.65. The fraction of sp³-hybridized carbons (Fsp3) is 0.158. The first-order valence-electron chi connectivity index (χ1n) is 7.99. The van der Waals surface area contributed by atoms with E-state index in [1.807, 2.05) is 24.3 Å². The number of methoxy groups -OCH3 is 2. The van der Waals surface area contributed by atoms with E-state index in [4.69, 9.17) is 9.47 Å². The lowest BCUT2D eigenvalue weighted by molar-refractivity contribution is -0.121. The van der Waals surface area contributed by atoms with Crippen LogP contribution in [0.1, 0.15) is 15.9 Å². The normalized spacial score (nSPS) is 10.4. The Morgan fingerprint density at radius 3 is 2.58 bits per heavy atom. The molecule has 3 rings (SSSR count). The predicted molar refractivity (Wildman–Crippen MR) is 97.2 cm³/mol. The second-order valence-corrected chi connectivity index (χ2v) is 5.58. The monoisotopic (exact) mass is 353 g/mol. The Morgan fingerprint density at radius 1 is 1.00 bits per heavy atom. The minimum atomic E-state index is -0.493. The molecule has 7 heteroatoms. The SMILES string of the molecule is COc1cccc(C(=O)NNC(=O)Cc2c[nH]c3ccccc23)c1OC. The average Bonchev–Trinajstić information content (AvgIpc) is 3.08. The molecule has 3 aromatic rings. The lowest BCUT2D eigenvalue weighted by Crippen LogP contribution is -2.42. The summed E-state index contributed by atoms with van der Waals surface area (Å²) < 4.78 is 10.4. The number of ether oxygens (including phenoxy) is 2. The highest BCUT2D eigenvalue weighted by molar-refractivity contribution is 5.99. The van der Waals surface area contributed by atoms with E-state index in [1.165, 1.54) is 14.2 Å². The molecule has 134 valence electrons. The van der Waals surface area contributed by atoms with Crippen molar-refractivity contribution in [3.63, 3.8) is 0 Å². The molecule has 0 aliphatic heterocycles. The first-order valence-corrected chi connectivity index (χ1v) is 7.99. The third-order valence-electron chi connectivity index (χ3n) is 3.99. The van der Waals surface area contributed by atoms with E-state index in [0.29, 0.717) is 11.5 Å². The smallest absolute Gasteiger partial charge is 0.273 e. The van der Waals surface area contributed by atoms with Crippen molar-refractivity contribution in [2.24, 2.45) is 0 Å². The third kappa shape index (κ3) is 3.46. The number of aromatic amines is 1. The number of aromatic nitrogens is 1. The Bertz CT molecular complexity index is 949. The van der Waals surface area contributed by atoms with Crippen LogP contribution in [0.2, 0.25) is 0 Å². The van der Waals surface area contributed by atoms with E-state index >= 15 is 0 Å². The average molecular weight is 353 g/mol. The van der Waals surface area contributed by atoms with Gasteiger partial charge in [0.1, 0.15) is 0 Å². The van der Waals surface area contributed by atoms with Crippen molar-refractivity contribution < 1.29 is 19.1 Å². The van der Waals surface area contributed by atoms with Crippen LogP contribution in [-0.2, 0) is 11.2 Å². The van der Waals surface area contributed by atoms with Gasteiger partial charge >= 0.3 is 0 Å². The number of rotatable bonds is 5. The number of hydrazine groups is 1. The molecule has 26 heavy (non-hydrogen) atoms. The summed E-state index contributed by atoms with van der Waals surface area (Å²) in [6.45, 7) is 0. The van der Waals surface area contributed by atoms with Gasteiger partial charge in [0.15, 0.2) is 11.5 Å². The summed E-state index contributed by atoms with van der Waals surface area (Å²) in [6, 6.07) is 12.7. The van der Waals surface area contributed by atoms with Gasteiger partial charge < -0.3 is 14.5 Å². The molecule has 0 saturated carbocycles. The molecule has 0 aliphatic carbocycles. The lowest BCUT2D eigenvalue weighted by atomic mass is 10.1. The van der Waals surface area contributed by atoms with Crippen molar-refractivity contribution in [1.29, 1.82) is 0 Å². The number of fused-ring (bicyclic) bond motifs is 1. The van der Waals surface area contributed by atoms with Crippen LogP contribution >= 0.6 is 0 Å². The Hall–Kier alpha value is -3.48. The zero-order valence-corrected chi connectivity index (χ0v) is 14.5. The van der Waals surface area contributed by atoms with Gasteiger partial charge in [-0.25, -0.2) is 0 Å². The van der Waals surface area contributed by atoms with Gasteiger partial charge in [0.2, 0.25) is 5.91 Å². The van der Waals surface area contributed by atoms with Crippen LogP contribution in [0.3, 0.4) is 0 Å². The number of amides is 2. The van der Waals surface area contributed by atoms with Crippen LogP contribution in [0.4, 0.5) is 0 Å². The number of nitrogens with one attached hydrogen (secondary N) is 3. The summed E-state index contributed by atoms with van der Waals surface area (Å²) >= 11 is 0. The maximum atomic E-state index is 12.3. The van der Waals surface area contributed by atoms with Crippen LogP contribution in [0.15, 0.2) is 48.7 Å². The largest absolute Gasteiger partial charge is 0.493 e. The third-order valence-corrected chi connectivity index (χ3v) is 3.99. The van der Waals surface area contributed by atoms with Crippen LogP contribution in [0.5, 0.6) is 11.5 Å². The number of para-hydroxylation sites is 2. The Morgan fingerprint density at radius 2 is 1.81 bits per heavy atom. The summed E-state index contributed by atoms with van der Waals surface area (Å²) in [5.41, 5.74) is 6.90. The number of hydrogen-bond acceptors (Lipinski definition) is 4. The number of carbonyl (C=O) groups excluding carboxylic acids is 2. The van der Waals surface area contributed by atoms with E-state index in [0.717, 1.165) is 16.5 Å². The predicted octanol–water partition coefficient (Wildman–Crippen LogP) is 2.19. The highest BCUT2D eigenvalue weighted by Crippen LogP contribution is 2.30. The van der Waals surface area contributed by atoms with Gasteiger partial charge in [-0.2, -0.15) is 0 Å². The van der Waals surface area contributed by atoms with Crippen molar-refractivity contribution in [2.75, 3.05) is 14.2 Å². The maximum absolute atomic E-state index is 12.3. The van der Waals surface area contributed by atoms with Gasteiger partial charge in [0.05, 0.1) is 26.2 Å². The molecule has 0 spiro atoms. The van der Waals surface area contributed by atoms with Crippen LogP contribution in [-0.4, -0.2) is 31.0 Å². The minimum absolute atomic E-state index is 0.138. The summed E-state index contributed by atoms with van der Waals surface area (Å²) in [7, 11) is 2.94. The molecule has 0 saturated heterocycles. The molecule has 0 fully saturated rings. The van der Waals surface area contributed by atoms with Crippen molar-refractivity contribution in [1.82, 2.24) is 15.8 Å². The molecule has 0 atom stereocenters. The molecular weight excluding hydrogens is 334 g/mol. The first-order chi connectivity index (χ1) is 12.6. The van der Waals surface area contributed by atoms with Gasteiger partial charge in [-0.05, 0) is 23.8 Å².